The van der Waals surface area contributed by atoms with E-state index in [9.17, 15) is 4.79 Å². The van der Waals surface area contributed by atoms with Crippen molar-refractivity contribution in [2.75, 3.05) is 26.3 Å². The van der Waals surface area contributed by atoms with Gasteiger partial charge in [-0.05, 0) is 12.1 Å². The minimum absolute atomic E-state index is 0.0105. The molecule has 0 bridgehead atoms. The number of pyridine rings is 1. The van der Waals surface area contributed by atoms with Crippen LogP contribution in [0.4, 0.5) is 0 Å². The van der Waals surface area contributed by atoms with E-state index < -0.39 is 0 Å². The van der Waals surface area contributed by atoms with Crippen LogP contribution in [0.1, 0.15) is 19.5 Å². The lowest BCUT2D eigenvalue weighted by Gasteiger charge is -2.27. The van der Waals surface area contributed by atoms with Gasteiger partial charge in [0.2, 0.25) is 5.91 Å². The molecule has 5 heteroatoms. The van der Waals surface area contributed by atoms with Crippen LogP contribution in [0, 0.1) is 0 Å². The number of carbonyl (C=O) groups is 1. The molecule has 1 aromatic heterocycles. The molecule has 0 spiro atoms. The van der Waals surface area contributed by atoms with Crippen molar-refractivity contribution >= 4 is 5.91 Å². The molecule has 1 aliphatic heterocycles. The van der Waals surface area contributed by atoms with Gasteiger partial charge in [0.15, 0.2) is 0 Å². The summed E-state index contributed by atoms with van der Waals surface area (Å²) in [5, 5.41) is 6.11. The standard InChI is InChI=1S/C14H21N3O2/c1-14(2,12-5-3-4-6-16-12)10-17-13(18)11-9-19-8-7-15-11/h3-6,11,15H,7-10H2,1-2H3,(H,17,18). The van der Waals surface area contributed by atoms with Gasteiger partial charge in [0.1, 0.15) is 6.04 Å². The van der Waals surface area contributed by atoms with Gasteiger partial charge < -0.3 is 15.4 Å². The second-order valence-electron chi connectivity index (χ2n) is 5.40. The highest BCUT2D eigenvalue weighted by Crippen LogP contribution is 2.19. The van der Waals surface area contributed by atoms with Gasteiger partial charge in [0.25, 0.3) is 0 Å². The summed E-state index contributed by atoms with van der Waals surface area (Å²) >= 11 is 0. The fraction of sp³-hybridized carbons (Fsp3) is 0.571. The van der Waals surface area contributed by atoms with Crippen molar-refractivity contribution < 1.29 is 9.53 Å². The van der Waals surface area contributed by atoms with E-state index in [0.29, 0.717) is 19.8 Å². The monoisotopic (exact) mass is 263 g/mol. The van der Waals surface area contributed by atoms with Gasteiger partial charge in [0.05, 0.1) is 13.2 Å². The zero-order valence-corrected chi connectivity index (χ0v) is 11.5. The summed E-state index contributed by atoms with van der Waals surface area (Å²) < 4.78 is 5.28. The van der Waals surface area contributed by atoms with Crippen LogP contribution in [0.25, 0.3) is 0 Å². The summed E-state index contributed by atoms with van der Waals surface area (Å²) in [6.07, 6.45) is 1.77. The second-order valence-corrected chi connectivity index (χ2v) is 5.40. The van der Waals surface area contributed by atoms with E-state index in [1.165, 1.54) is 0 Å². The third kappa shape index (κ3) is 3.75. The number of hydrogen-bond donors (Lipinski definition) is 2. The Hall–Kier alpha value is -1.46. The molecule has 104 valence electrons. The topological polar surface area (TPSA) is 63.2 Å². The molecule has 1 aromatic rings. The Labute approximate surface area is 113 Å². The van der Waals surface area contributed by atoms with E-state index in [4.69, 9.17) is 4.74 Å². The highest BCUT2D eigenvalue weighted by molar-refractivity contribution is 5.82. The number of rotatable bonds is 4. The highest BCUT2D eigenvalue weighted by atomic mass is 16.5. The molecule has 0 radical (unpaired) electrons. The zero-order chi connectivity index (χ0) is 13.7. The number of aromatic nitrogens is 1. The molecule has 1 atom stereocenters. The van der Waals surface area contributed by atoms with Gasteiger partial charge in [-0.2, -0.15) is 0 Å². The lowest BCUT2D eigenvalue weighted by atomic mass is 9.88. The van der Waals surface area contributed by atoms with Gasteiger partial charge in [-0.25, -0.2) is 0 Å². The fourth-order valence-corrected chi connectivity index (χ4v) is 2.02. The Morgan fingerprint density at radius 3 is 3.05 bits per heavy atom. The molecule has 1 amide bonds. The Balaban J connectivity index is 1.88. The Bertz CT molecular complexity index is 414. The molecule has 1 fully saturated rings. The Morgan fingerprint density at radius 1 is 1.58 bits per heavy atom. The largest absolute Gasteiger partial charge is 0.378 e. The third-order valence-corrected chi connectivity index (χ3v) is 3.30. The SMILES string of the molecule is CC(C)(CNC(=O)C1COCCN1)c1ccccn1. The first kappa shape index (κ1) is 14.0. The van der Waals surface area contributed by atoms with Crippen LogP contribution in [0.15, 0.2) is 24.4 Å². The average Bonchev–Trinajstić information content (AvgIpc) is 2.47. The summed E-state index contributed by atoms with van der Waals surface area (Å²) in [6, 6.07) is 5.59. The maximum Gasteiger partial charge on any atom is 0.239 e. The molecule has 1 saturated heterocycles. The van der Waals surface area contributed by atoms with Gasteiger partial charge in [-0.1, -0.05) is 19.9 Å². The first-order valence-corrected chi connectivity index (χ1v) is 6.60. The molecule has 5 nitrogen and oxygen atoms in total. The predicted octanol–water partition coefficient (Wildman–Crippen LogP) is 0.464. The van der Waals surface area contributed by atoms with Crippen molar-refractivity contribution in [2.45, 2.75) is 25.3 Å². The van der Waals surface area contributed by atoms with Crippen molar-refractivity contribution in [1.29, 1.82) is 0 Å². The van der Waals surface area contributed by atoms with Crippen LogP contribution in [0.5, 0.6) is 0 Å². The fourth-order valence-electron chi connectivity index (χ4n) is 2.02. The van der Waals surface area contributed by atoms with Crippen molar-refractivity contribution in [2.24, 2.45) is 0 Å². The predicted molar refractivity (Wildman–Crippen MR) is 72.9 cm³/mol. The molecule has 0 saturated carbocycles. The molecular formula is C14H21N3O2. The normalized spacial score (nSPS) is 20.0. The number of amides is 1. The van der Waals surface area contributed by atoms with Gasteiger partial charge in [-0.3, -0.25) is 9.78 Å². The molecule has 2 heterocycles. The van der Waals surface area contributed by atoms with E-state index in [1.54, 1.807) is 6.20 Å². The number of hydrogen-bond acceptors (Lipinski definition) is 4. The molecule has 1 unspecified atom stereocenters. The van der Waals surface area contributed by atoms with E-state index in [-0.39, 0.29) is 17.4 Å². The van der Waals surface area contributed by atoms with Crippen LogP contribution in [-0.4, -0.2) is 43.2 Å². The van der Waals surface area contributed by atoms with E-state index in [0.717, 1.165) is 12.2 Å². The van der Waals surface area contributed by atoms with Crippen molar-refractivity contribution in [3.05, 3.63) is 30.1 Å². The maximum atomic E-state index is 12.0. The molecular weight excluding hydrogens is 242 g/mol. The third-order valence-electron chi connectivity index (χ3n) is 3.30. The lowest BCUT2D eigenvalue weighted by Crippen LogP contribution is -2.52. The van der Waals surface area contributed by atoms with Crippen molar-refractivity contribution in [3.8, 4) is 0 Å². The molecule has 2 N–H and O–H groups in total. The quantitative estimate of drug-likeness (QED) is 0.828. The van der Waals surface area contributed by atoms with Crippen LogP contribution in [-0.2, 0) is 14.9 Å². The van der Waals surface area contributed by atoms with Crippen LogP contribution >= 0.6 is 0 Å². The molecule has 0 aliphatic carbocycles. The number of morpholine rings is 1. The van der Waals surface area contributed by atoms with E-state index in [2.05, 4.69) is 29.5 Å². The van der Waals surface area contributed by atoms with Crippen molar-refractivity contribution in [1.82, 2.24) is 15.6 Å². The summed E-state index contributed by atoms with van der Waals surface area (Å²) in [5.74, 6) is -0.0105. The number of carbonyl (C=O) groups excluding carboxylic acids is 1. The van der Waals surface area contributed by atoms with E-state index in [1.807, 2.05) is 18.2 Å². The van der Waals surface area contributed by atoms with Gasteiger partial charge in [0, 0.05) is 30.4 Å². The Kier molecular flexibility index (Phi) is 4.50. The van der Waals surface area contributed by atoms with Crippen molar-refractivity contribution in [3.63, 3.8) is 0 Å². The van der Waals surface area contributed by atoms with Gasteiger partial charge in [-0.15, -0.1) is 0 Å². The summed E-state index contributed by atoms with van der Waals surface area (Å²) in [5.41, 5.74) is 0.787. The summed E-state index contributed by atoms with van der Waals surface area (Å²) in [7, 11) is 0. The second kappa shape index (κ2) is 6.12. The first-order valence-electron chi connectivity index (χ1n) is 6.60. The van der Waals surface area contributed by atoms with E-state index >= 15 is 0 Å². The average molecular weight is 263 g/mol. The van der Waals surface area contributed by atoms with Crippen LogP contribution in [0.3, 0.4) is 0 Å². The Morgan fingerprint density at radius 2 is 2.42 bits per heavy atom. The first-order chi connectivity index (χ1) is 9.09. The highest BCUT2D eigenvalue weighted by Gasteiger charge is 2.26. The van der Waals surface area contributed by atoms with Crippen LogP contribution in [0.2, 0.25) is 0 Å². The number of nitrogens with one attached hydrogen (secondary N) is 2. The molecule has 19 heavy (non-hydrogen) atoms. The lowest BCUT2D eigenvalue weighted by molar-refractivity contribution is -0.126. The minimum atomic E-state index is -0.242. The minimum Gasteiger partial charge on any atom is -0.378 e. The summed E-state index contributed by atoms with van der Waals surface area (Å²) in [6.45, 7) is 6.53. The molecule has 2 rings (SSSR count). The zero-order valence-electron chi connectivity index (χ0n) is 11.5. The smallest absolute Gasteiger partial charge is 0.239 e. The van der Waals surface area contributed by atoms with Crippen LogP contribution < -0.4 is 10.6 Å². The molecule has 0 aromatic carbocycles. The number of ether oxygens (including phenoxy) is 1. The van der Waals surface area contributed by atoms with Gasteiger partial charge >= 0.3 is 0 Å². The maximum absolute atomic E-state index is 12.0. The number of nitrogens with zero attached hydrogens (tertiary/aromatic N) is 1. The molecule has 1 aliphatic rings. The summed E-state index contributed by atoms with van der Waals surface area (Å²) in [4.78, 5) is 16.4.